The van der Waals surface area contributed by atoms with E-state index in [4.69, 9.17) is 16.0 Å². The average molecular weight is 330 g/mol. The van der Waals surface area contributed by atoms with Crippen molar-refractivity contribution in [1.82, 2.24) is 15.2 Å². The quantitative estimate of drug-likeness (QED) is 0.554. The van der Waals surface area contributed by atoms with Gasteiger partial charge in [0, 0.05) is 11.4 Å². The maximum Gasteiger partial charge on any atom is 0.268 e. The van der Waals surface area contributed by atoms with Crippen molar-refractivity contribution in [3.63, 3.8) is 0 Å². The Bertz CT molecular complexity index is 840. The van der Waals surface area contributed by atoms with Gasteiger partial charge in [-0.3, -0.25) is 14.7 Å². The summed E-state index contributed by atoms with van der Waals surface area (Å²) in [5, 5.41) is 6.67. The van der Waals surface area contributed by atoms with E-state index < -0.39 is 11.6 Å². The molecule has 0 spiro atoms. The number of nitrogens with zero attached hydrogens (tertiary/aromatic N) is 2. The molecule has 0 saturated carbocycles. The van der Waals surface area contributed by atoms with Gasteiger partial charge in [0.2, 0.25) is 11.6 Å². The van der Waals surface area contributed by atoms with Crippen molar-refractivity contribution >= 4 is 23.2 Å². The zero-order valence-electron chi connectivity index (χ0n) is 12.0. The topological polar surface area (TPSA) is 88.9 Å². The van der Waals surface area contributed by atoms with Crippen LogP contribution in [-0.2, 0) is 17.6 Å². The van der Waals surface area contributed by atoms with Gasteiger partial charge in [0.25, 0.3) is 5.78 Å². The van der Waals surface area contributed by atoms with E-state index in [1.165, 1.54) is 6.33 Å². The molecular weight excluding hydrogens is 318 g/mol. The van der Waals surface area contributed by atoms with E-state index in [0.717, 1.165) is 11.1 Å². The molecule has 0 aliphatic heterocycles. The monoisotopic (exact) mass is 329 g/mol. The van der Waals surface area contributed by atoms with Crippen LogP contribution in [0.2, 0.25) is 5.02 Å². The van der Waals surface area contributed by atoms with Crippen molar-refractivity contribution < 1.29 is 14.0 Å². The number of halogens is 1. The number of nitrogens with one attached hydrogen (secondary N) is 1. The van der Waals surface area contributed by atoms with Gasteiger partial charge in [-0.2, -0.15) is 0 Å². The third kappa shape index (κ3) is 3.54. The Morgan fingerprint density at radius 1 is 1.26 bits per heavy atom. The molecule has 116 valence electrons. The zero-order valence-corrected chi connectivity index (χ0v) is 12.7. The van der Waals surface area contributed by atoms with Crippen LogP contribution in [0.1, 0.15) is 27.5 Å². The summed E-state index contributed by atoms with van der Waals surface area (Å²) in [5.41, 5.74) is 1.84. The summed E-state index contributed by atoms with van der Waals surface area (Å²) in [6.45, 7) is 0. The standard InChI is InChI=1S/C16H12ClN3O3/c17-13-4-2-1-3-11(13)5-10-6-12(23-8-10)7-14(21)15(22)16-18-9-19-20-16/h1-4,6,8-9H,5,7H2,(H,18,19,20). The van der Waals surface area contributed by atoms with Crippen LogP contribution in [0.25, 0.3) is 0 Å². The highest BCUT2D eigenvalue weighted by molar-refractivity contribution is 6.42. The lowest BCUT2D eigenvalue weighted by atomic mass is 10.1. The SMILES string of the molecule is O=C(Cc1cc(Cc2ccccc2Cl)co1)C(=O)c1nc[nH]n1. The maximum atomic E-state index is 11.9. The Hall–Kier alpha value is -2.73. The molecule has 0 radical (unpaired) electrons. The van der Waals surface area contributed by atoms with Gasteiger partial charge in [-0.05, 0) is 23.3 Å². The lowest BCUT2D eigenvalue weighted by Crippen LogP contribution is -2.17. The second-order valence-electron chi connectivity index (χ2n) is 4.94. The summed E-state index contributed by atoms with van der Waals surface area (Å²) in [6, 6.07) is 9.25. The van der Waals surface area contributed by atoms with E-state index in [1.54, 1.807) is 12.3 Å². The molecule has 3 rings (SSSR count). The van der Waals surface area contributed by atoms with Gasteiger partial charge >= 0.3 is 0 Å². The van der Waals surface area contributed by atoms with E-state index in [9.17, 15) is 9.59 Å². The summed E-state index contributed by atoms with van der Waals surface area (Å²) < 4.78 is 5.35. The Morgan fingerprint density at radius 2 is 2.09 bits per heavy atom. The predicted octanol–water partition coefficient (Wildman–Crippen LogP) is 2.64. The molecule has 1 aromatic carbocycles. The molecule has 1 N–H and O–H groups in total. The van der Waals surface area contributed by atoms with Crippen molar-refractivity contribution in [1.29, 1.82) is 0 Å². The summed E-state index contributed by atoms with van der Waals surface area (Å²) in [7, 11) is 0. The first kappa shape index (κ1) is 15.2. The number of aromatic amines is 1. The highest BCUT2D eigenvalue weighted by Crippen LogP contribution is 2.20. The van der Waals surface area contributed by atoms with Crippen LogP contribution in [0.4, 0.5) is 0 Å². The van der Waals surface area contributed by atoms with Gasteiger partial charge in [-0.25, -0.2) is 4.98 Å². The van der Waals surface area contributed by atoms with Crippen molar-refractivity contribution in [2.45, 2.75) is 12.8 Å². The molecule has 3 aromatic rings. The maximum absolute atomic E-state index is 11.9. The zero-order chi connectivity index (χ0) is 16.2. The molecule has 2 aromatic heterocycles. The number of hydrogen-bond acceptors (Lipinski definition) is 5. The molecule has 0 saturated heterocycles. The second-order valence-corrected chi connectivity index (χ2v) is 5.35. The van der Waals surface area contributed by atoms with Gasteiger partial charge in [-0.15, -0.1) is 5.10 Å². The molecule has 7 heteroatoms. The fraction of sp³-hybridized carbons (Fsp3) is 0.125. The Kier molecular flexibility index (Phi) is 4.34. The number of hydrogen-bond donors (Lipinski definition) is 1. The average Bonchev–Trinajstić information content (AvgIpc) is 3.21. The lowest BCUT2D eigenvalue weighted by Gasteiger charge is -2.00. The molecule has 0 unspecified atom stereocenters. The smallest absolute Gasteiger partial charge is 0.268 e. The molecule has 0 amide bonds. The van der Waals surface area contributed by atoms with Gasteiger partial charge in [-0.1, -0.05) is 29.8 Å². The largest absolute Gasteiger partial charge is 0.469 e. The molecule has 23 heavy (non-hydrogen) atoms. The number of H-pyrrole nitrogens is 1. The molecule has 0 aliphatic rings. The highest BCUT2D eigenvalue weighted by atomic mass is 35.5. The van der Waals surface area contributed by atoms with Crippen LogP contribution in [0.5, 0.6) is 0 Å². The molecule has 0 atom stereocenters. The van der Waals surface area contributed by atoms with E-state index in [-0.39, 0.29) is 12.2 Å². The van der Waals surface area contributed by atoms with Crippen molar-refractivity contribution in [2.24, 2.45) is 0 Å². The molecule has 0 aliphatic carbocycles. The van der Waals surface area contributed by atoms with Crippen molar-refractivity contribution in [3.8, 4) is 0 Å². The molecule has 0 bridgehead atoms. The minimum atomic E-state index is -0.740. The lowest BCUT2D eigenvalue weighted by molar-refractivity contribution is -0.114. The van der Waals surface area contributed by atoms with E-state index in [2.05, 4.69) is 15.2 Å². The predicted molar refractivity (Wildman–Crippen MR) is 82.4 cm³/mol. The van der Waals surface area contributed by atoms with Crippen molar-refractivity contribution in [3.05, 3.63) is 70.7 Å². The van der Waals surface area contributed by atoms with Gasteiger partial charge in [0.15, 0.2) is 0 Å². The fourth-order valence-corrected chi connectivity index (χ4v) is 2.36. The normalized spacial score (nSPS) is 10.7. The summed E-state index contributed by atoms with van der Waals surface area (Å²) in [6.07, 6.45) is 3.26. The molecule has 2 heterocycles. The first-order valence-corrected chi connectivity index (χ1v) is 7.24. The van der Waals surface area contributed by atoms with E-state index in [1.807, 2.05) is 24.3 Å². The summed E-state index contributed by atoms with van der Waals surface area (Å²) in [5.74, 6) is -1.09. The van der Waals surface area contributed by atoms with Gasteiger partial charge in [0.05, 0.1) is 12.7 Å². The number of Topliss-reactive ketones (excluding diaryl/α,β-unsaturated/α-hetero) is 2. The Labute approximate surface area is 136 Å². The number of carbonyl (C=O) groups is 2. The van der Waals surface area contributed by atoms with Crippen LogP contribution in [0.3, 0.4) is 0 Å². The van der Waals surface area contributed by atoms with Crippen LogP contribution < -0.4 is 0 Å². The van der Waals surface area contributed by atoms with E-state index >= 15 is 0 Å². The van der Waals surface area contributed by atoms with Crippen LogP contribution in [-0.4, -0.2) is 26.7 Å². The fourth-order valence-electron chi connectivity index (χ4n) is 2.15. The van der Waals surface area contributed by atoms with Crippen LogP contribution in [0, 0.1) is 0 Å². The Balaban J connectivity index is 1.67. The third-order valence-electron chi connectivity index (χ3n) is 3.27. The molecular formula is C16H12ClN3O3. The highest BCUT2D eigenvalue weighted by Gasteiger charge is 2.21. The van der Waals surface area contributed by atoms with Gasteiger partial charge < -0.3 is 4.42 Å². The van der Waals surface area contributed by atoms with Gasteiger partial charge in [0.1, 0.15) is 12.1 Å². The molecule has 0 fully saturated rings. The number of benzene rings is 1. The third-order valence-corrected chi connectivity index (χ3v) is 3.64. The van der Waals surface area contributed by atoms with Crippen LogP contribution >= 0.6 is 11.6 Å². The van der Waals surface area contributed by atoms with E-state index in [0.29, 0.717) is 17.2 Å². The number of furan rings is 1. The first-order chi connectivity index (χ1) is 11.1. The summed E-state index contributed by atoms with van der Waals surface area (Å²) >= 11 is 6.12. The summed E-state index contributed by atoms with van der Waals surface area (Å²) in [4.78, 5) is 27.4. The minimum Gasteiger partial charge on any atom is -0.469 e. The first-order valence-electron chi connectivity index (χ1n) is 6.86. The number of aromatic nitrogens is 3. The van der Waals surface area contributed by atoms with Crippen molar-refractivity contribution in [2.75, 3.05) is 0 Å². The number of rotatable bonds is 6. The van der Waals surface area contributed by atoms with Crippen LogP contribution in [0.15, 0.2) is 47.3 Å². The number of carbonyl (C=O) groups excluding carboxylic acids is 2. The minimum absolute atomic E-state index is 0.129. The Morgan fingerprint density at radius 3 is 2.83 bits per heavy atom. The molecule has 6 nitrogen and oxygen atoms in total. The second kappa shape index (κ2) is 6.58. The number of ketones is 2.